The molecule has 2 aliphatic rings. The van der Waals surface area contributed by atoms with Gasteiger partial charge in [-0.1, -0.05) is 48.5 Å². The lowest BCUT2D eigenvalue weighted by atomic mass is 10.0. The summed E-state index contributed by atoms with van der Waals surface area (Å²) >= 11 is 0. The van der Waals surface area contributed by atoms with E-state index < -0.39 is 24.7 Å². The fraction of sp³-hybridized carbons (Fsp3) is 0.381. The van der Waals surface area contributed by atoms with Gasteiger partial charge in [-0.2, -0.15) is 0 Å². The Morgan fingerprint density at radius 2 is 1.67 bits per heavy atom. The van der Waals surface area contributed by atoms with E-state index in [1.54, 1.807) is 24.3 Å². The zero-order chi connectivity index (χ0) is 18.6. The highest BCUT2D eigenvalue weighted by Gasteiger charge is 2.45. The third kappa shape index (κ3) is 4.04. The van der Waals surface area contributed by atoms with E-state index in [1.165, 1.54) is 7.11 Å². The summed E-state index contributed by atoms with van der Waals surface area (Å²) in [5, 5.41) is 0. The molecule has 2 fully saturated rings. The molecule has 2 heterocycles. The van der Waals surface area contributed by atoms with Crippen molar-refractivity contribution in [1.29, 1.82) is 0 Å². The molecule has 2 aromatic carbocycles. The van der Waals surface area contributed by atoms with Crippen molar-refractivity contribution in [2.45, 2.75) is 37.3 Å². The van der Waals surface area contributed by atoms with Crippen molar-refractivity contribution in [3.63, 3.8) is 0 Å². The van der Waals surface area contributed by atoms with Crippen molar-refractivity contribution in [2.75, 3.05) is 13.7 Å². The minimum absolute atomic E-state index is 0.246. The summed E-state index contributed by atoms with van der Waals surface area (Å²) in [4.78, 5) is 12.4. The van der Waals surface area contributed by atoms with Crippen molar-refractivity contribution in [3.8, 4) is 0 Å². The maximum absolute atomic E-state index is 12.4. The zero-order valence-electron chi connectivity index (χ0n) is 15.0. The van der Waals surface area contributed by atoms with E-state index in [2.05, 4.69) is 0 Å². The molecule has 0 radical (unpaired) electrons. The first kappa shape index (κ1) is 18.1. The summed E-state index contributed by atoms with van der Waals surface area (Å²) < 4.78 is 28.9. The SMILES string of the molecule is CO[C@H]1O[C@@H]2COC(c3ccccc3)O[C@H]2C[C@@H]1OC(=O)c1ccccc1. The number of carbonyl (C=O) groups excluding carboxylic acids is 1. The third-order valence-corrected chi connectivity index (χ3v) is 4.77. The Bertz CT molecular complexity index is 750. The predicted octanol–water partition coefficient (Wildman–Crippen LogP) is 3.09. The highest BCUT2D eigenvalue weighted by Crippen LogP contribution is 2.35. The third-order valence-electron chi connectivity index (χ3n) is 4.77. The second-order valence-electron chi connectivity index (χ2n) is 6.57. The molecule has 0 amide bonds. The molecule has 142 valence electrons. The molecule has 0 aliphatic carbocycles. The number of hydrogen-bond acceptors (Lipinski definition) is 6. The first-order valence-corrected chi connectivity index (χ1v) is 9.01. The van der Waals surface area contributed by atoms with Gasteiger partial charge < -0.3 is 23.7 Å². The Balaban J connectivity index is 1.45. The van der Waals surface area contributed by atoms with E-state index in [1.807, 2.05) is 36.4 Å². The summed E-state index contributed by atoms with van der Waals surface area (Å²) in [6, 6.07) is 18.6. The van der Waals surface area contributed by atoms with Gasteiger partial charge in [-0.05, 0) is 12.1 Å². The largest absolute Gasteiger partial charge is 0.453 e. The summed E-state index contributed by atoms with van der Waals surface area (Å²) in [5.74, 6) is -0.406. The standard InChI is InChI=1S/C21H22O6/c1-23-21-17(25-19(22)14-8-4-2-5-9-14)12-16-18(27-21)13-24-20(26-16)15-10-6-3-7-11-15/h2-11,16-18,20-21H,12-13H2,1H3/t16-,17-,18+,20?,21-/m0/s1. The van der Waals surface area contributed by atoms with Crippen LogP contribution in [0.3, 0.4) is 0 Å². The Kier molecular flexibility index (Phi) is 5.50. The average Bonchev–Trinajstić information content (AvgIpc) is 2.74. The van der Waals surface area contributed by atoms with Crippen LogP contribution in [0.25, 0.3) is 0 Å². The van der Waals surface area contributed by atoms with Crippen LogP contribution >= 0.6 is 0 Å². The van der Waals surface area contributed by atoms with E-state index in [0.717, 1.165) is 5.56 Å². The fourth-order valence-corrected chi connectivity index (χ4v) is 3.39. The highest BCUT2D eigenvalue weighted by atomic mass is 16.8. The Hall–Kier alpha value is -2.25. The average molecular weight is 370 g/mol. The summed E-state index contributed by atoms with van der Waals surface area (Å²) in [6.07, 6.45) is -1.70. The van der Waals surface area contributed by atoms with Gasteiger partial charge in [-0.3, -0.25) is 0 Å². The van der Waals surface area contributed by atoms with Crippen LogP contribution in [0.1, 0.15) is 28.6 Å². The van der Waals surface area contributed by atoms with Gasteiger partial charge in [0.05, 0.1) is 18.3 Å². The maximum Gasteiger partial charge on any atom is 0.338 e. The molecule has 1 unspecified atom stereocenters. The molecule has 6 heteroatoms. The molecule has 6 nitrogen and oxygen atoms in total. The number of ether oxygens (including phenoxy) is 5. The molecule has 2 aromatic rings. The van der Waals surface area contributed by atoms with Gasteiger partial charge in [0.2, 0.25) is 0 Å². The lowest BCUT2D eigenvalue weighted by Gasteiger charge is -2.44. The molecule has 0 saturated carbocycles. The van der Waals surface area contributed by atoms with Crippen molar-refractivity contribution in [1.82, 2.24) is 0 Å². The van der Waals surface area contributed by atoms with Crippen molar-refractivity contribution in [3.05, 3.63) is 71.8 Å². The van der Waals surface area contributed by atoms with Crippen molar-refractivity contribution >= 4 is 5.97 Å². The number of methoxy groups -OCH3 is 1. The van der Waals surface area contributed by atoms with Crippen LogP contribution in [0, 0.1) is 0 Å². The van der Waals surface area contributed by atoms with Gasteiger partial charge in [-0.25, -0.2) is 4.79 Å². The second-order valence-corrected chi connectivity index (χ2v) is 6.57. The monoisotopic (exact) mass is 370 g/mol. The fourth-order valence-electron chi connectivity index (χ4n) is 3.39. The Labute approximate surface area is 157 Å². The van der Waals surface area contributed by atoms with E-state index >= 15 is 0 Å². The van der Waals surface area contributed by atoms with Crippen LogP contribution in [0.2, 0.25) is 0 Å². The van der Waals surface area contributed by atoms with Crippen LogP contribution in [0.15, 0.2) is 60.7 Å². The Morgan fingerprint density at radius 3 is 2.37 bits per heavy atom. The number of benzene rings is 2. The Morgan fingerprint density at radius 1 is 0.963 bits per heavy atom. The van der Waals surface area contributed by atoms with Gasteiger partial charge >= 0.3 is 5.97 Å². The first-order valence-electron chi connectivity index (χ1n) is 9.01. The molecular weight excluding hydrogens is 348 g/mol. The molecule has 0 spiro atoms. The number of esters is 1. The first-order chi connectivity index (χ1) is 13.2. The second kappa shape index (κ2) is 8.19. The van der Waals surface area contributed by atoms with Crippen molar-refractivity contribution in [2.24, 2.45) is 0 Å². The molecule has 0 N–H and O–H groups in total. The molecule has 0 aromatic heterocycles. The number of carbonyl (C=O) groups is 1. The van der Waals surface area contributed by atoms with E-state index in [4.69, 9.17) is 23.7 Å². The van der Waals surface area contributed by atoms with Gasteiger partial charge in [0.1, 0.15) is 6.10 Å². The lowest BCUT2D eigenvalue weighted by Crippen LogP contribution is -2.54. The van der Waals surface area contributed by atoms with Crippen LogP contribution in [0.4, 0.5) is 0 Å². The summed E-state index contributed by atoms with van der Waals surface area (Å²) in [5.41, 5.74) is 1.44. The van der Waals surface area contributed by atoms with Crippen molar-refractivity contribution < 1.29 is 28.5 Å². The van der Waals surface area contributed by atoms with Crippen LogP contribution in [-0.4, -0.2) is 44.3 Å². The quantitative estimate of drug-likeness (QED) is 0.771. The van der Waals surface area contributed by atoms with Crippen LogP contribution in [-0.2, 0) is 23.7 Å². The maximum atomic E-state index is 12.4. The summed E-state index contributed by atoms with van der Waals surface area (Å²) in [6.45, 7) is 0.392. The number of hydrogen-bond donors (Lipinski definition) is 0. The number of rotatable bonds is 4. The summed E-state index contributed by atoms with van der Waals surface area (Å²) in [7, 11) is 1.53. The highest BCUT2D eigenvalue weighted by molar-refractivity contribution is 5.89. The predicted molar refractivity (Wildman–Crippen MR) is 95.9 cm³/mol. The molecule has 0 bridgehead atoms. The zero-order valence-corrected chi connectivity index (χ0v) is 15.0. The normalized spacial score (nSPS) is 30.3. The minimum Gasteiger partial charge on any atom is -0.453 e. The van der Waals surface area contributed by atoms with Crippen LogP contribution < -0.4 is 0 Å². The van der Waals surface area contributed by atoms with Gasteiger partial charge in [0.25, 0.3) is 0 Å². The van der Waals surface area contributed by atoms with Gasteiger partial charge in [0, 0.05) is 19.1 Å². The van der Waals surface area contributed by atoms with E-state index in [9.17, 15) is 4.79 Å². The molecule has 2 aliphatic heterocycles. The molecule has 27 heavy (non-hydrogen) atoms. The van der Waals surface area contributed by atoms with Gasteiger partial charge in [-0.15, -0.1) is 0 Å². The molecular formula is C21H22O6. The van der Waals surface area contributed by atoms with E-state index in [-0.39, 0.29) is 12.2 Å². The molecule has 5 atom stereocenters. The van der Waals surface area contributed by atoms with Gasteiger partial charge in [0.15, 0.2) is 18.7 Å². The topological polar surface area (TPSA) is 63.2 Å². The molecule has 2 saturated heterocycles. The minimum atomic E-state index is -0.653. The lowest BCUT2D eigenvalue weighted by molar-refractivity contribution is -0.332. The number of fused-ring (bicyclic) bond motifs is 1. The molecule has 4 rings (SSSR count). The van der Waals surface area contributed by atoms with E-state index in [0.29, 0.717) is 18.6 Å². The van der Waals surface area contributed by atoms with Crippen LogP contribution in [0.5, 0.6) is 0 Å². The smallest absolute Gasteiger partial charge is 0.338 e.